The Morgan fingerprint density at radius 2 is 2.06 bits per heavy atom. The standard InChI is InChI=1S/C13H24N4/c1-2-7-17(13-14-5-6-15-13)12-8-10-3-4-11(9-12)16-10/h10-12,16H,2-9H2,1H3,(H,14,15). The first kappa shape index (κ1) is 11.3. The Balaban J connectivity index is 1.70. The van der Waals surface area contributed by atoms with Crippen LogP contribution in [0.2, 0.25) is 0 Å². The normalized spacial score (nSPS) is 35.6. The van der Waals surface area contributed by atoms with Crippen molar-refractivity contribution in [3.63, 3.8) is 0 Å². The van der Waals surface area contributed by atoms with Gasteiger partial charge in [-0.15, -0.1) is 0 Å². The van der Waals surface area contributed by atoms with Crippen LogP contribution in [0.1, 0.15) is 39.0 Å². The lowest BCUT2D eigenvalue weighted by Gasteiger charge is -2.38. The number of guanidine groups is 1. The van der Waals surface area contributed by atoms with E-state index in [1.54, 1.807) is 0 Å². The summed E-state index contributed by atoms with van der Waals surface area (Å²) >= 11 is 0. The monoisotopic (exact) mass is 236 g/mol. The molecular formula is C13H24N4. The molecular weight excluding hydrogens is 212 g/mol. The molecule has 3 rings (SSSR count). The van der Waals surface area contributed by atoms with Gasteiger partial charge in [0, 0.05) is 31.2 Å². The molecule has 0 aromatic rings. The number of hydrogen-bond acceptors (Lipinski definition) is 4. The molecule has 2 unspecified atom stereocenters. The van der Waals surface area contributed by atoms with Gasteiger partial charge in [0.25, 0.3) is 0 Å². The van der Waals surface area contributed by atoms with Crippen LogP contribution in [0.3, 0.4) is 0 Å². The van der Waals surface area contributed by atoms with Crippen LogP contribution in [0.25, 0.3) is 0 Å². The van der Waals surface area contributed by atoms with Crippen LogP contribution in [0.15, 0.2) is 4.99 Å². The molecule has 0 saturated carbocycles. The molecule has 4 heteroatoms. The molecule has 17 heavy (non-hydrogen) atoms. The van der Waals surface area contributed by atoms with E-state index in [2.05, 4.69) is 27.4 Å². The number of aliphatic imine (C=N–C) groups is 1. The van der Waals surface area contributed by atoms with E-state index in [9.17, 15) is 0 Å². The number of fused-ring (bicyclic) bond motifs is 2. The first-order valence-electron chi connectivity index (χ1n) is 7.18. The third-order valence-electron chi connectivity index (χ3n) is 4.28. The molecule has 2 N–H and O–H groups in total. The Kier molecular flexibility index (Phi) is 3.23. The molecule has 96 valence electrons. The van der Waals surface area contributed by atoms with Gasteiger partial charge in [-0.1, -0.05) is 6.92 Å². The van der Waals surface area contributed by atoms with Crippen molar-refractivity contribution < 1.29 is 0 Å². The summed E-state index contributed by atoms with van der Waals surface area (Å²) in [5, 5.41) is 7.17. The van der Waals surface area contributed by atoms with Crippen LogP contribution in [-0.2, 0) is 0 Å². The summed E-state index contributed by atoms with van der Waals surface area (Å²) < 4.78 is 0. The fourth-order valence-electron chi connectivity index (χ4n) is 3.56. The minimum absolute atomic E-state index is 0.707. The largest absolute Gasteiger partial charge is 0.354 e. The van der Waals surface area contributed by atoms with Crippen molar-refractivity contribution in [2.24, 2.45) is 4.99 Å². The van der Waals surface area contributed by atoms with Crippen LogP contribution in [0.4, 0.5) is 0 Å². The topological polar surface area (TPSA) is 39.7 Å². The maximum Gasteiger partial charge on any atom is 0.194 e. The van der Waals surface area contributed by atoms with Crippen molar-refractivity contribution >= 4 is 5.96 Å². The van der Waals surface area contributed by atoms with Crippen molar-refractivity contribution in [1.82, 2.24) is 15.5 Å². The number of nitrogens with zero attached hydrogens (tertiary/aromatic N) is 2. The van der Waals surface area contributed by atoms with Gasteiger partial charge in [0.15, 0.2) is 5.96 Å². The van der Waals surface area contributed by atoms with Crippen LogP contribution in [0, 0.1) is 0 Å². The molecule has 3 aliphatic rings. The van der Waals surface area contributed by atoms with Crippen LogP contribution in [0.5, 0.6) is 0 Å². The van der Waals surface area contributed by atoms with Crippen LogP contribution >= 0.6 is 0 Å². The van der Waals surface area contributed by atoms with Gasteiger partial charge in [-0.2, -0.15) is 0 Å². The summed E-state index contributed by atoms with van der Waals surface area (Å²) in [4.78, 5) is 7.15. The number of nitrogens with one attached hydrogen (secondary N) is 2. The van der Waals surface area contributed by atoms with Gasteiger partial charge in [0.2, 0.25) is 0 Å². The van der Waals surface area contributed by atoms with Crippen LogP contribution in [-0.4, -0.2) is 48.6 Å². The molecule has 2 fully saturated rings. The molecule has 0 amide bonds. The molecule has 0 aliphatic carbocycles. The molecule has 0 spiro atoms. The van der Waals surface area contributed by atoms with E-state index in [4.69, 9.17) is 0 Å². The average molecular weight is 236 g/mol. The maximum absolute atomic E-state index is 4.61. The molecule has 2 saturated heterocycles. The maximum atomic E-state index is 4.61. The molecule has 0 radical (unpaired) electrons. The number of piperidine rings is 1. The molecule has 0 aromatic heterocycles. The third-order valence-corrected chi connectivity index (χ3v) is 4.28. The molecule has 0 aromatic carbocycles. The van der Waals surface area contributed by atoms with Crippen LogP contribution < -0.4 is 10.6 Å². The van der Waals surface area contributed by atoms with E-state index in [1.165, 1.54) is 32.1 Å². The van der Waals surface area contributed by atoms with Gasteiger partial charge in [-0.3, -0.25) is 4.99 Å². The Morgan fingerprint density at radius 3 is 2.65 bits per heavy atom. The fraction of sp³-hybridized carbons (Fsp3) is 0.923. The van der Waals surface area contributed by atoms with E-state index in [0.29, 0.717) is 6.04 Å². The summed E-state index contributed by atoms with van der Waals surface area (Å²) in [7, 11) is 0. The van der Waals surface area contributed by atoms with Gasteiger partial charge < -0.3 is 15.5 Å². The second-order valence-electron chi connectivity index (χ2n) is 5.59. The molecule has 4 nitrogen and oxygen atoms in total. The second kappa shape index (κ2) is 4.84. The zero-order valence-corrected chi connectivity index (χ0v) is 10.8. The first-order chi connectivity index (χ1) is 8.36. The fourth-order valence-corrected chi connectivity index (χ4v) is 3.56. The predicted molar refractivity (Wildman–Crippen MR) is 70.3 cm³/mol. The van der Waals surface area contributed by atoms with Gasteiger partial charge in [-0.25, -0.2) is 0 Å². The summed E-state index contributed by atoms with van der Waals surface area (Å²) in [5.74, 6) is 1.16. The van der Waals surface area contributed by atoms with Crippen molar-refractivity contribution in [3.8, 4) is 0 Å². The highest BCUT2D eigenvalue weighted by Gasteiger charge is 2.37. The number of rotatable bonds is 3. The van der Waals surface area contributed by atoms with Gasteiger partial charge >= 0.3 is 0 Å². The predicted octanol–water partition coefficient (Wildman–Crippen LogP) is 0.941. The smallest absolute Gasteiger partial charge is 0.194 e. The lowest BCUT2D eigenvalue weighted by molar-refractivity contribution is 0.213. The zero-order chi connectivity index (χ0) is 11.7. The quantitative estimate of drug-likeness (QED) is 0.766. The molecule has 2 atom stereocenters. The van der Waals surface area contributed by atoms with Gasteiger partial charge in [0.05, 0.1) is 6.54 Å². The Hall–Kier alpha value is -0.770. The van der Waals surface area contributed by atoms with E-state index >= 15 is 0 Å². The lowest BCUT2D eigenvalue weighted by atomic mass is 9.98. The van der Waals surface area contributed by atoms with E-state index in [-0.39, 0.29) is 0 Å². The lowest BCUT2D eigenvalue weighted by Crippen LogP contribution is -2.52. The Bertz CT molecular complexity index is 290. The summed E-state index contributed by atoms with van der Waals surface area (Å²) in [6, 6.07) is 2.23. The number of hydrogen-bond donors (Lipinski definition) is 2. The van der Waals surface area contributed by atoms with Crippen molar-refractivity contribution in [1.29, 1.82) is 0 Å². The molecule has 3 aliphatic heterocycles. The zero-order valence-electron chi connectivity index (χ0n) is 10.8. The van der Waals surface area contributed by atoms with Crippen molar-refractivity contribution in [2.45, 2.75) is 57.2 Å². The Morgan fingerprint density at radius 1 is 1.29 bits per heavy atom. The highest BCUT2D eigenvalue weighted by Crippen LogP contribution is 2.30. The molecule has 3 heterocycles. The van der Waals surface area contributed by atoms with Crippen molar-refractivity contribution in [3.05, 3.63) is 0 Å². The van der Waals surface area contributed by atoms with E-state index in [1.807, 2.05) is 0 Å². The summed E-state index contributed by atoms with van der Waals surface area (Å²) in [5.41, 5.74) is 0. The first-order valence-corrected chi connectivity index (χ1v) is 7.18. The second-order valence-corrected chi connectivity index (χ2v) is 5.59. The minimum Gasteiger partial charge on any atom is -0.354 e. The van der Waals surface area contributed by atoms with Crippen molar-refractivity contribution in [2.75, 3.05) is 19.6 Å². The minimum atomic E-state index is 0.707. The van der Waals surface area contributed by atoms with Gasteiger partial charge in [-0.05, 0) is 32.1 Å². The Labute approximate surface area is 104 Å². The third kappa shape index (κ3) is 2.28. The summed E-state index contributed by atoms with van der Waals surface area (Å²) in [6.07, 6.45) is 6.57. The highest BCUT2D eigenvalue weighted by atomic mass is 15.3. The van der Waals surface area contributed by atoms with E-state index < -0.39 is 0 Å². The summed E-state index contributed by atoms with van der Waals surface area (Å²) in [6.45, 7) is 5.38. The molecule has 2 bridgehead atoms. The van der Waals surface area contributed by atoms with E-state index in [0.717, 1.165) is 37.7 Å². The average Bonchev–Trinajstić information content (AvgIpc) is 2.96. The highest BCUT2D eigenvalue weighted by molar-refractivity contribution is 5.81. The SMILES string of the molecule is CCCN(C1=NCCN1)C1CC2CCC(C1)N2. The van der Waals surface area contributed by atoms with Gasteiger partial charge in [0.1, 0.15) is 0 Å².